The van der Waals surface area contributed by atoms with Crippen LogP contribution in [0.3, 0.4) is 0 Å². The lowest BCUT2D eigenvalue weighted by atomic mass is 10.2. The number of carbonyl (C=O) groups excluding carboxylic acids is 1. The van der Waals surface area contributed by atoms with E-state index in [0.717, 1.165) is 21.5 Å². The maximum Gasteiger partial charge on any atom is 0.275 e. The number of hydrogen-bond acceptors (Lipinski definition) is 5. The zero-order valence-corrected chi connectivity index (χ0v) is 13.0. The van der Waals surface area contributed by atoms with Gasteiger partial charge in [-0.15, -0.1) is 11.3 Å². The van der Waals surface area contributed by atoms with Crippen LogP contribution in [0.25, 0.3) is 21.5 Å². The predicted molar refractivity (Wildman–Crippen MR) is 88.4 cm³/mol. The SMILES string of the molecule is Cn1cc(NC(=O)c2csc(-c3ccc4cn[nH]c4c3)n2)cn1. The predicted octanol–water partition coefficient (Wildman–Crippen LogP) is 2.67. The Balaban J connectivity index is 1.59. The van der Waals surface area contributed by atoms with Gasteiger partial charge in [-0.1, -0.05) is 12.1 Å². The van der Waals surface area contributed by atoms with Crippen molar-refractivity contribution in [3.05, 3.63) is 47.9 Å². The van der Waals surface area contributed by atoms with Crippen LogP contribution in [0, 0.1) is 0 Å². The molecule has 4 rings (SSSR count). The normalized spacial score (nSPS) is 11.0. The van der Waals surface area contributed by atoms with Gasteiger partial charge in [0.25, 0.3) is 5.91 Å². The molecule has 1 aromatic carbocycles. The second-order valence-electron chi connectivity index (χ2n) is 5.07. The van der Waals surface area contributed by atoms with E-state index in [-0.39, 0.29) is 5.91 Å². The van der Waals surface area contributed by atoms with E-state index in [1.807, 2.05) is 18.2 Å². The van der Waals surface area contributed by atoms with Gasteiger partial charge in [-0.05, 0) is 6.07 Å². The van der Waals surface area contributed by atoms with Crippen LogP contribution >= 0.6 is 11.3 Å². The number of nitrogens with one attached hydrogen (secondary N) is 2. The van der Waals surface area contributed by atoms with Crippen molar-refractivity contribution in [2.45, 2.75) is 0 Å². The average Bonchev–Trinajstić information content (AvgIpc) is 3.26. The second kappa shape index (κ2) is 5.33. The average molecular weight is 324 g/mol. The minimum absolute atomic E-state index is 0.247. The summed E-state index contributed by atoms with van der Waals surface area (Å²) in [7, 11) is 1.79. The molecular formula is C15H12N6OS. The second-order valence-corrected chi connectivity index (χ2v) is 5.92. The molecule has 1 amide bonds. The van der Waals surface area contributed by atoms with Gasteiger partial charge in [0.2, 0.25) is 0 Å². The van der Waals surface area contributed by atoms with Crippen molar-refractivity contribution in [3.63, 3.8) is 0 Å². The number of amides is 1. The molecule has 0 aliphatic rings. The first kappa shape index (κ1) is 13.6. The third kappa shape index (κ3) is 2.59. The molecule has 7 nitrogen and oxygen atoms in total. The highest BCUT2D eigenvalue weighted by molar-refractivity contribution is 7.13. The summed E-state index contributed by atoms with van der Waals surface area (Å²) in [6, 6.07) is 5.93. The van der Waals surface area contributed by atoms with Crippen LogP contribution in [0.15, 0.2) is 42.2 Å². The molecule has 0 radical (unpaired) electrons. The maximum atomic E-state index is 12.2. The summed E-state index contributed by atoms with van der Waals surface area (Å²) in [5.41, 5.74) is 2.93. The van der Waals surface area contributed by atoms with Gasteiger partial charge in [0, 0.05) is 29.6 Å². The summed E-state index contributed by atoms with van der Waals surface area (Å²) in [6.45, 7) is 0. The summed E-state index contributed by atoms with van der Waals surface area (Å²) in [5, 5.41) is 17.3. The van der Waals surface area contributed by atoms with Gasteiger partial charge < -0.3 is 5.32 Å². The van der Waals surface area contributed by atoms with Crippen molar-refractivity contribution >= 4 is 33.8 Å². The third-order valence-corrected chi connectivity index (χ3v) is 4.28. The number of rotatable bonds is 3. The van der Waals surface area contributed by atoms with Crippen molar-refractivity contribution < 1.29 is 4.79 Å². The largest absolute Gasteiger partial charge is 0.318 e. The number of nitrogens with zero attached hydrogens (tertiary/aromatic N) is 4. The van der Waals surface area contributed by atoms with Crippen LogP contribution < -0.4 is 5.32 Å². The number of H-pyrrole nitrogens is 1. The number of hydrogen-bond donors (Lipinski definition) is 2. The molecule has 0 unspecified atom stereocenters. The highest BCUT2D eigenvalue weighted by Gasteiger charge is 2.13. The number of anilines is 1. The van der Waals surface area contributed by atoms with Gasteiger partial charge in [-0.25, -0.2) is 4.98 Å². The Morgan fingerprint density at radius 1 is 1.35 bits per heavy atom. The van der Waals surface area contributed by atoms with Crippen molar-refractivity contribution in [1.82, 2.24) is 25.0 Å². The van der Waals surface area contributed by atoms with Gasteiger partial charge in [-0.3, -0.25) is 14.6 Å². The fourth-order valence-corrected chi connectivity index (χ4v) is 3.06. The quantitative estimate of drug-likeness (QED) is 0.606. The van der Waals surface area contributed by atoms with Gasteiger partial charge in [0.15, 0.2) is 0 Å². The smallest absolute Gasteiger partial charge is 0.275 e. The number of aryl methyl sites for hydroxylation is 1. The zero-order valence-electron chi connectivity index (χ0n) is 12.1. The molecule has 0 fully saturated rings. The van der Waals surface area contributed by atoms with E-state index >= 15 is 0 Å². The number of aromatic amines is 1. The van der Waals surface area contributed by atoms with E-state index in [0.29, 0.717) is 11.4 Å². The van der Waals surface area contributed by atoms with E-state index in [4.69, 9.17) is 0 Å². The summed E-state index contributed by atoms with van der Waals surface area (Å²) in [4.78, 5) is 16.6. The molecule has 0 aliphatic heterocycles. The van der Waals surface area contributed by atoms with Crippen LogP contribution in [0.1, 0.15) is 10.5 Å². The van der Waals surface area contributed by atoms with Crippen molar-refractivity contribution in [2.24, 2.45) is 7.05 Å². The lowest BCUT2D eigenvalue weighted by Gasteiger charge is -1.98. The lowest BCUT2D eigenvalue weighted by molar-refractivity contribution is 0.102. The molecule has 0 bridgehead atoms. The number of carbonyl (C=O) groups is 1. The van der Waals surface area contributed by atoms with E-state index in [2.05, 4.69) is 25.6 Å². The minimum atomic E-state index is -0.247. The van der Waals surface area contributed by atoms with E-state index in [1.54, 1.807) is 35.7 Å². The molecule has 3 aromatic heterocycles. The van der Waals surface area contributed by atoms with Crippen LogP contribution in [-0.4, -0.2) is 30.9 Å². The molecule has 4 aromatic rings. The molecule has 0 saturated carbocycles. The van der Waals surface area contributed by atoms with Crippen LogP contribution in [0.4, 0.5) is 5.69 Å². The molecule has 0 spiro atoms. The first-order valence-electron chi connectivity index (χ1n) is 6.88. The standard InChI is InChI=1S/C15H12N6OS/c1-21-7-11(6-17-21)18-14(22)13-8-23-15(19-13)9-2-3-10-5-16-20-12(10)4-9/h2-8H,1H3,(H,16,20)(H,18,22). The Kier molecular flexibility index (Phi) is 3.16. The maximum absolute atomic E-state index is 12.2. The van der Waals surface area contributed by atoms with E-state index in [9.17, 15) is 4.79 Å². The number of benzene rings is 1. The Morgan fingerprint density at radius 2 is 2.26 bits per heavy atom. The summed E-state index contributed by atoms with van der Waals surface area (Å²) in [6.07, 6.45) is 5.10. The van der Waals surface area contributed by atoms with E-state index < -0.39 is 0 Å². The van der Waals surface area contributed by atoms with Crippen molar-refractivity contribution in [2.75, 3.05) is 5.32 Å². The fourth-order valence-electron chi connectivity index (χ4n) is 2.26. The number of aromatic nitrogens is 5. The molecule has 3 heterocycles. The topological polar surface area (TPSA) is 88.5 Å². The van der Waals surface area contributed by atoms with Gasteiger partial charge in [0.05, 0.1) is 23.6 Å². The fraction of sp³-hybridized carbons (Fsp3) is 0.0667. The van der Waals surface area contributed by atoms with Crippen molar-refractivity contribution in [3.8, 4) is 10.6 Å². The Labute approximate surface area is 135 Å². The zero-order chi connectivity index (χ0) is 15.8. The van der Waals surface area contributed by atoms with Crippen LogP contribution in [0.2, 0.25) is 0 Å². The molecule has 114 valence electrons. The van der Waals surface area contributed by atoms with Gasteiger partial charge in [0.1, 0.15) is 10.7 Å². The summed E-state index contributed by atoms with van der Waals surface area (Å²) >= 11 is 1.43. The molecule has 2 N–H and O–H groups in total. The molecule has 23 heavy (non-hydrogen) atoms. The number of fused-ring (bicyclic) bond motifs is 1. The highest BCUT2D eigenvalue weighted by Crippen LogP contribution is 2.26. The monoisotopic (exact) mass is 324 g/mol. The number of thiazole rings is 1. The van der Waals surface area contributed by atoms with E-state index in [1.165, 1.54) is 11.3 Å². The van der Waals surface area contributed by atoms with Gasteiger partial charge in [-0.2, -0.15) is 10.2 Å². The Hall–Kier alpha value is -3.00. The molecule has 8 heteroatoms. The van der Waals surface area contributed by atoms with Crippen molar-refractivity contribution in [1.29, 1.82) is 0 Å². The Morgan fingerprint density at radius 3 is 3.09 bits per heavy atom. The highest BCUT2D eigenvalue weighted by atomic mass is 32.1. The lowest BCUT2D eigenvalue weighted by Crippen LogP contribution is -2.11. The van der Waals surface area contributed by atoms with Crippen LogP contribution in [-0.2, 0) is 7.05 Å². The molecular weight excluding hydrogens is 312 g/mol. The first-order chi connectivity index (χ1) is 11.2. The molecule has 0 atom stereocenters. The van der Waals surface area contributed by atoms with Crippen LogP contribution in [0.5, 0.6) is 0 Å². The summed E-state index contributed by atoms with van der Waals surface area (Å²) < 4.78 is 1.63. The third-order valence-electron chi connectivity index (χ3n) is 3.39. The molecule has 0 aliphatic carbocycles. The minimum Gasteiger partial charge on any atom is -0.318 e. The van der Waals surface area contributed by atoms with Gasteiger partial charge >= 0.3 is 0 Å². The summed E-state index contributed by atoms with van der Waals surface area (Å²) in [5.74, 6) is -0.247. The first-order valence-corrected chi connectivity index (χ1v) is 7.76. The Bertz CT molecular complexity index is 998. The molecule has 0 saturated heterocycles.